The molecule has 11 nitrogen and oxygen atoms in total. The number of hydrogen-bond acceptors (Lipinski definition) is 11. The molecule has 7 heterocycles. The number of pyridine rings is 3. The van der Waals surface area contributed by atoms with Gasteiger partial charge in [-0.3, -0.25) is 4.90 Å². The number of aromatic nitrogens is 5. The third-order valence-corrected chi connectivity index (χ3v) is 10.5. The Morgan fingerprint density at radius 3 is 2.55 bits per heavy atom. The molecule has 3 aliphatic heterocycles. The maximum Gasteiger partial charge on any atom is 0.418 e. The first-order chi connectivity index (χ1) is 23.1. The first kappa shape index (κ1) is 31.6. The van der Waals surface area contributed by atoms with Gasteiger partial charge in [0.25, 0.3) is 5.92 Å². The van der Waals surface area contributed by atoms with E-state index in [0.29, 0.717) is 18.5 Å². The number of ether oxygens (including phenoxy) is 2. The first-order valence-corrected chi connectivity index (χ1v) is 15.7. The van der Waals surface area contributed by atoms with Crippen molar-refractivity contribution in [3.05, 3.63) is 47.0 Å². The van der Waals surface area contributed by atoms with Crippen molar-refractivity contribution in [2.24, 2.45) is 5.41 Å². The lowest BCUT2D eigenvalue weighted by Gasteiger charge is -2.47. The molecule has 1 saturated carbocycles. The molecule has 4 aromatic rings. The van der Waals surface area contributed by atoms with E-state index in [2.05, 4.69) is 24.9 Å². The highest BCUT2D eigenvalue weighted by molar-refractivity contribution is 5.97. The van der Waals surface area contributed by atoms with E-state index < -0.39 is 62.9 Å². The van der Waals surface area contributed by atoms with Gasteiger partial charge in [-0.1, -0.05) is 6.07 Å². The summed E-state index contributed by atoms with van der Waals surface area (Å²) in [5.41, 5.74) is 7.52. The van der Waals surface area contributed by atoms with Crippen molar-refractivity contribution in [1.82, 2.24) is 29.8 Å². The lowest BCUT2D eigenvalue weighted by atomic mass is 9.83. The number of alkyl halides is 5. The quantitative estimate of drug-likeness (QED) is 0.254. The van der Waals surface area contributed by atoms with Crippen molar-refractivity contribution < 1.29 is 35.8 Å². The molecule has 258 valence electrons. The first-order valence-electron chi connectivity index (χ1n) is 15.7. The molecule has 0 unspecified atom stereocenters. The van der Waals surface area contributed by atoms with E-state index in [0.717, 1.165) is 13.0 Å². The predicted molar refractivity (Wildman–Crippen MR) is 166 cm³/mol. The lowest BCUT2D eigenvalue weighted by molar-refractivity contribution is -0.137. The van der Waals surface area contributed by atoms with E-state index in [1.54, 1.807) is 23.2 Å². The van der Waals surface area contributed by atoms with Crippen LogP contribution in [0.1, 0.15) is 49.0 Å². The Labute approximate surface area is 275 Å². The largest absolute Gasteiger partial charge is 0.475 e. The maximum atomic E-state index is 16.8. The van der Waals surface area contributed by atoms with E-state index in [1.165, 1.54) is 0 Å². The molecule has 0 amide bonds. The van der Waals surface area contributed by atoms with Crippen LogP contribution in [0.15, 0.2) is 24.4 Å². The van der Waals surface area contributed by atoms with Gasteiger partial charge in [0.2, 0.25) is 5.88 Å². The second kappa shape index (κ2) is 10.4. The Balaban J connectivity index is 1.28. The number of rotatable bonds is 6. The molecular formula is C32H31F6N9O2. The summed E-state index contributed by atoms with van der Waals surface area (Å²) in [4.78, 5) is 25.0. The monoisotopic (exact) mass is 687 g/mol. The van der Waals surface area contributed by atoms with Crippen LogP contribution in [0, 0.1) is 18.2 Å². The summed E-state index contributed by atoms with van der Waals surface area (Å²) in [5.74, 6) is -4.00. The van der Waals surface area contributed by atoms with Crippen molar-refractivity contribution in [3.8, 4) is 23.1 Å². The van der Waals surface area contributed by atoms with Gasteiger partial charge in [0.15, 0.2) is 5.82 Å². The van der Waals surface area contributed by atoms with Crippen molar-refractivity contribution in [3.63, 3.8) is 0 Å². The molecule has 1 aliphatic carbocycles. The Hall–Kier alpha value is -4.67. The molecular weight excluding hydrogens is 656 g/mol. The number of nitrogen functional groups attached to an aromatic ring is 2. The van der Waals surface area contributed by atoms with Gasteiger partial charge in [-0.25, -0.2) is 28.1 Å². The summed E-state index contributed by atoms with van der Waals surface area (Å²) < 4.78 is 101. The fourth-order valence-corrected chi connectivity index (χ4v) is 7.82. The Morgan fingerprint density at radius 2 is 1.88 bits per heavy atom. The van der Waals surface area contributed by atoms with Crippen LogP contribution >= 0.6 is 0 Å². The zero-order valence-electron chi connectivity index (χ0n) is 26.4. The molecule has 0 radical (unpaired) electrons. The minimum atomic E-state index is -4.93. The number of nitrogens with zero attached hydrogens (tertiary/aromatic N) is 7. The molecule has 17 heteroatoms. The number of nitrogens with two attached hydrogens (primary N) is 2. The number of halogens is 6. The molecule has 2 saturated heterocycles. The molecule has 49 heavy (non-hydrogen) atoms. The molecule has 3 atom stereocenters. The zero-order valence-corrected chi connectivity index (χ0v) is 26.4. The zero-order chi connectivity index (χ0) is 34.7. The number of fused-ring (bicyclic) bond motifs is 1. The predicted octanol–water partition coefficient (Wildman–Crippen LogP) is 5.32. The molecule has 8 rings (SSSR count). The summed E-state index contributed by atoms with van der Waals surface area (Å²) in [6.07, 6.45) is -2.71. The molecule has 4 N–H and O–H groups in total. The Kier molecular flexibility index (Phi) is 6.72. The van der Waals surface area contributed by atoms with Crippen molar-refractivity contribution in [2.75, 3.05) is 49.2 Å². The third-order valence-electron chi connectivity index (χ3n) is 10.5. The standard InChI is InChI=1S/C32H31F6N9O2/c1-15-21(32(36,37)38)18(10-19(39)42-15)23-22(33)24-20-26(47(8-9-48-27(20)43-23)16(2)17-4-3-6-41-25(17)40)45-28(44-24)49-14-30-5-7-46(30)13-29(11-30)12-31(29,34)35/h3-4,6,10,16H,5,7-9,11-14H2,1-2H3,(H2,39,42)(H2,40,41)/t16-,29-,30+/m1/s1. The number of aryl methyl sites for hydroxylation is 1. The van der Waals surface area contributed by atoms with Crippen molar-refractivity contribution in [1.29, 1.82) is 0 Å². The van der Waals surface area contributed by atoms with Crippen LogP contribution in [0.4, 0.5) is 43.8 Å². The van der Waals surface area contributed by atoms with Crippen LogP contribution in [-0.4, -0.2) is 74.1 Å². The van der Waals surface area contributed by atoms with E-state index in [4.69, 9.17) is 20.9 Å². The minimum Gasteiger partial charge on any atom is -0.475 e. The Bertz CT molecular complexity index is 2030. The Morgan fingerprint density at radius 1 is 1.10 bits per heavy atom. The van der Waals surface area contributed by atoms with Gasteiger partial charge in [0, 0.05) is 36.8 Å². The van der Waals surface area contributed by atoms with Gasteiger partial charge in [0.05, 0.1) is 34.8 Å². The van der Waals surface area contributed by atoms with Gasteiger partial charge in [0.1, 0.15) is 47.3 Å². The second-order valence-electron chi connectivity index (χ2n) is 13.4. The lowest BCUT2D eigenvalue weighted by Crippen LogP contribution is -2.59. The summed E-state index contributed by atoms with van der Waals surface area (Å²) in [7, 11) is 0. The normalized spacial score (nSPS) is 24.7. The van der Waals surface area contributed by atoms with Crippen LogP contribution in [0.3, 0.4) is 0 Å². The van der Waals surface area contributed by atoms with Crippen LogP contribution in [0.25, 0.3) is 22.2 Å². The highest BCUT2D eigenvalue weighted by Gasteiger charge is 2.78. The van der Waals surface area contributed by atoms with Gasteiger partial charge < -0.3 is 25.8 Å². The van der Waals surface area contributed by atoms with E-state index in [1.807, 2.05) is 11.8 Å². The summed E-state index contributed by atoms with van der Waals surface area (Å²) in [6.45, 7) is 3.98. The van der Waals surface area contributed by atoms with Gasteiger partial charge in [-0.2, -0.15) is 23.1 Å². The van der Waals surface area contributed by atoms with Gasteiger partial charge in [-0.05, 0) is 38.8 Å². The molecule has 3 fully saturated rings. The van der Waals surface area contributed by atoms with E-state index in [9.17, 15) is 22.0 Å². The average molecular weight is 688 g/mol. The number of anilines is 3. The molecule has 0 aromatic carbocycles. The average Bonchev–Trinajstić information content (AvgIpc) is 3.56. The fraction of sp³-hybridized carbons (Fsp3) is 0.469. The third kappa shape index (κ3) is 4.79. The van der Waals surface area contributed by atoms with Crippen molar-refractivity contribution in [2.45, 2.75) is 56.8 Å². The fourth-order valence-electron chi connectivity index (χ4n) is 7.82. The van der Waals surface area contributed by atoms with Crippen molar-refractivity contribution >= 4 is 28.4 Å². The second-order valence-corrected chi connectivity index (χ2v) is 13.4. The summed E-state index contributed by atoms with van der Waals surface area (Å²) in [6, 6.07) is 3.62. The van der Waals surface area contributed by atoms with Gasteiger partial charge in [-0.15, -0.1) is 0 Å². The highest BCUT2D eigenvalue weighted by atomic mass is 19.4. The topological polar surface area (TPSA) is 141 Å². The SMILES string of the molecule is Cc1nc(N)cc(-c2nc3c4c(nc(OC[C@@]56CCN5C[C@]5(CC5(F)F)C6)nc4c2F)N([C@H](C)c2cccnc2N)CCO3)c1C(F)(F)F. The minimum absolute atomic E-state index is 0.00796. The van der Waals surface area contributed by atoms with E-state index >= 15 is 4.39 Å². The van der Waals surface area contributed by atoms with Gasteiger partial charge >= 0.3 is 12.2 Å². The highest BCUT2D eigenvalue weighted by Crippen LogP contribution is 2.70. The van der Waals surface area contributed by atoms with Crippen LogP contribution in [-0.2, 0) is 6.18 Å². The van der Waals surface area contributed by atoms with E-state index in [-0.39, 0.29) is 73.9 Å². The maximum absolute atomic E-state index is 16.8. The molecule has 4 aromatic heterocycles. The summed E-state index contributed by atoms with van der Waals surface area (Å²) >= 11 is 0. The molecule has 4 aliphatic rings. The smallest absolute Gasteiger partial charge is 0.418 e. The van der Waals surface area contributed by atoms with Crippen LogP contribution < -0.4 is 25.8 Å². The summed E-state index contributed by atoms with van der Waals surface area (Å²) in [5, 5.41) is 0.00796. The molecule has 1 spiro atoms. The van der Waals surface area contributed by atoms with Crippen LogP contribution in [0.2, 0.25) is 0 Å². The van der Waals surface area contributed by atoms with Crippen LogP contribution in [0.5, 0.6) is 11.9 Å². The number of hydrogen-bond donors (Lipinski definition) is 2. The molecule has 0 bridgehead atoms.